The van der Waals surface area contributed by atoms with Gasteiger partial charge in [0.15, 0.2) is 11.5 Å². The van der Waals surface area contributed by atoms with Crippen LogP contribution in [-0.2, 0) is 4.74 Å². The van der Waals surface area contributed by atoms with Gasteiger partial charge in [0.25, 0.3) is 0 Å². The molecule has 0 saturated carbocycles. The number of ether oxygens (including phenoxy) is 3. The second-order valence-electron chi connectivity index (χ2n) is 6.41. The van der Waals surface area contributed by atoms with E-state index >= 15 is 0 Å². The Morgan fingerprint density at radius 3 is 2.59 bits per heavy atom. The Hall–Kier alpha value is -3.42. The van der Waals surface area contributed by atoms with Crippen LogP contribution in [0.4, 0.5) is 4.79 Å². The van der Waals surface area contributed by atoms with E-state index in [1.165, 1.54) is 19.5 Å². The molecule has 1 aromatic heterocycles. The summed E-state index contributed by atoms with van der Waals surface area (Å²) in [5, 5.41) is 3.82. The molecule has 0 saturated heterocycles. The summed E-state index contributed by atoms with van der Waals surface area (Å²) in [6.45, 7) is 5.27. The quantitative estimate of drug-likeness (QED) is 0.375. The molecule has 27 heavy (non-hydrogen) atoms. The topological polar surface area (TPSA) is 99.1 Å². The molecule has 1 amide bonds. The number of nitrogens with zero attached hydrogens (tertiary/aromatic N) is 2. The first kappa shape index (κ1) is 19.9. The van der Waals surface area contributed by atoms with Crippen LogP contribution < -0.4 is 14.9 Å². The number of hydrazone groups is 1. The summed E-state index contributed by atoms with van der Waals surface area (Å²) in [6, 6.07) is 8.10. The van der Waals surface area contributed by atoms with E-state index in [1.807, 2.05) is 0 Å². The van der Waals surface area contributed by atoms with Crippen molar-refractivity contribution in [2.75, 3.05) is 7.11 Å². The summed E-state index contributed by atoms with van der Waals surface area (Å²) < 4.78 is 15.7. The lowest BCUT2D eigenvalue weighted by atomic mass is 10.2. The van der Waals surface area contributed by atoms with E-state index in [2.05, 4.69) is 15.5 Å². The predicted molar refractivity (Wildman–Crippen MR) is 99.2 cm³/mol. The number of esters is 1. The molecular formula is C19H21N3O5. The first-order chi connectivity index (χ1) is 12.8. The zero-order valence-corrected chi connectivity index (χ0v) is 15.6. The van der Waals surface area contributed by atoms with Gasteiger partial charge in [-0.1, -0.05) is 0 Å². The molecule has 8 heteroatoms. The Bertz CT molecular complexity index is 829. The van der Waals surface area contributed by atoms with E-state index < -0.39 is 17.7 Å². The maximum Gasteiger partial charge on any atom is 0.428 e. The third kappa shape index (κ3) is 6.43. The highest BCUT2D eigenvalue weighted by Crippen LogP contribution is 2.28. The number of aromatic nitrogens is 1. The lowest BCUT2D eigenvalue weighted by molar-refractivity contribution is 0.0529. The number of hydrogen-bond donors (Lipinski definition) is 1. The molecule has 0 fully saturated rings. The SMILES string of the molecule is COc1cc(/C=N/NC(=O)OC(C)(C)C)ccc1OC(=O)c1cccnc1. The molecule has 0 spiro atoms. The summed E-state index contributed by atoms with van der Waals surface area (Å²) in [4.78, 5) is 27.6. The predicted octanol–water partition coefficient (Wildman–Crippen LogP) is 3.17. The summed E-state index contributed by atoms with van der Waals surface area (Å²) in [6.07, 6.45) is 3.74. The zero-order valence-electron chi connectivity index (χ0n) is 15.6. The van der Waals surface area contributed by atoms with Crippen molar-refractivity contribution in [2.45, 2.75) is 26.4 Å². The van der Waals surface area contributed by atoms with Gasteiger partial charge in [0.2, 0.25) is 0 Å². The number of carbonyl (C=O) groups is 2. The molecule has 1 N–H and O–H groups in total. The van der Waals surface area contributed by atoms with Gasteiger partial charge >= 0.3 is 12.1 Å². The van der Waals surface area contributed by atoms with Crippen LogP contribution in [0.25, 0.3) is 0 Å². The molecule has 0 unspecified atom stereocenters. The fraction of sp³-hybridized carbons (Fsp3) is 0.263. The molecule has 2 aromatic rings. The molecule has 0 radical (unpaired) electrons. The molecule has 0 aliphatic heterocycles. The molecule has 0 aliphatic rings. The van der Waals surface area contributed by atoms with E-state index in [0.717, 1.165) is 0 Å². The first-order valence-corrected chi connectivity index (χ1v) is 8.11. The van der Waals surface area contributed by atoms with Crippen molar-refractivity contribution in [1.29, 1.82) is 0 Å². The minimum atomic E-state index is -0.660. The second-order valence-corrected chi connectivity index (χ2v) is 6.41. The van der Waals surface area contributed by atoms with Crippen LogP contribution in [-0.4, -0.2) is 36.0 Å². The highest BCUT2D eigenvalue weighted by atomic mass is 16.6. The van der Waals surface area contributed by atoms with Crippen molar-refractivity contribution in [3.63, 3.8) is 0 Å². The fourth-order valence-corrected chi connectivity index (χ4v) is 1.95. The summed E-state index contributed by atoms with van der Waals surface area (Å²) >= 11 is 0. The van der Waals surface area contributed by atoms with E-state index in [1.54, 1.807) is 57.3 Å². The summed E-state index contributed by atoms with van der Waals surface area (Å²) in [5.41, 5.74) is 2.61. The summed E-state index contributed by atoms with van der Waals surface area (Å²) in [5.74, 6) is 0.0477. The lowest BCUT2D eigenvalue weighted by Gasteiger charge is -2.18. The molecule has 8 nitrogen and oxygen atoms in total. The molecule has 2 rings (SSSR count). The van der Waals surface area contributed by atoms with Crippen LogP contribution in [0.5, 0.6) is 11.5 Å². The Morgan fingerprint density at radius 1 is 1.19 bits per heavy atom. The third-order valence-electron chi connectivity index (χ3n) is 3.06. The number of benzene rings is 1. The number of methoxy groups -OCH3 is 1. The van der Waals surface area contributed by atoms with E-state index in [4.69, 9.17) is 14.2 Å². The number of amides is 1. The number of nitrogens with one attached hydrogen (secondary N) is 1. The Labute approximate surface area is 157 Å². The van der Waals surface area contributed by atoms with Gasteiger partial charge in [-0.25, -0.2) is 15.0 Å². The standard InChI is InChI=1S/C19H21N3O5/c1-19(2,3)27-18(24)22-21-11-13-7-8-15(16(10-13)25-4)26-17(23)14-6-5-9-20-12-14/h5-12H,1-4H3,(H,22,24)/b21-11+. The number of carbonyl (C=O) groups excluding carboxylic acids is 2. The van der Waals surface area contributed by atoms with Gasteiger partial charge in [-0.3, -0.25) is 4.98 Å². The van der Waals surface area contributed by atoms with Crippen LogP contribution in [0.2, 0.25) is 0 Å². The molecule has 1 aromatic carbocycles. The first-order valence-electron chi connectivity index (χ1n) is 8.11. The van der Waals surface area contributed by atoms with E-state index in [9.17, 15) is 9.59 Å². The molecular weight excluding hydrogens is 350 g/mol. The Kier molecular flexibility index (Phi) is 6.48. The normalized spacial score (nSPS) is 11.1. The molecule has 0 aliphatic carbocycles. The van der Waals surface area contributed by atoms with Crippen molar-refractivity contribution in [1.82, 2.24) is 10.4 Å². The van der Waals surface area contributed by atoms with Crippen LogP contribution in [0.3, 0.4) is 0 Å². The molecule has 0 atom stereocenters. The smallest absolute Gasteiger partial charge is 0.428 e. The van der Waals surface area contributed by atoms with Crippen molar-refractivity contribution < 1.29 is 23.8 Å². The van der Waals surface area contributed by atoms with Crippen LogP contribution in [0.15, 0.2) is 47.8 Å². The van der Waals surface area contributed by atoms with Gasteiger partial charge in [-0.2, -0.15) is 5.10 Å². The Balaban J connectivity index is 2.04. The largest absolute Gasteiger partial charge is 0.493 e. The second kappa shape index (κ2) is 8.79. The maximum absolute atomic E-state index is 12.1. The monoisotopic (exact) mass is 371 g/mol. The van der Waals surface area contributed by atoms with Gasteiger partial charge in [0.1, 0.15) is 5.60 Å². The van der Waals surface area contributed by atoms with Crippen LogP contribution in [0.1, 0.15) is 36.7 Å². The highest BCUT2D eigenvalue weighted by molar-refractivity contribution is 5.91. The van der Waals surface area contributed by atoms with Crippen LogP contribution in [0, 0.1) is 0 Å². The van der Waals surface area contributed by atoms with Crippen molar-refractivity contribution >= 4 is 18.3 Å². The lowest BCUT2D eigenvalue weighted by Crippen LogP contribution is -2.29. The number of rotatable bonds is 5. The number of hydrogen-bond acceptors (Lipinski definition) is 7. The molecule has 0 bridgehead atoms. The van der Waals surface area contributed by atoms with Gasteiger partial charge in [0.05, 0.1) is 18.9 Å². The van der Waals surface area contributed by atoms with Crippen molar-refractivity contribution in [3.8, 4) is 11.5 Å². The van der Waals surface area contributed by atoms with E-state index in [-0.39, 0.29) is 5.75 Å². The van der Waals surface area contributed by atoms with Crippen molar-refractivity contribution in [2.24, 2.45) is 5.10 Å². The Morgan fingerprint density at radius 2 is 1.96 bits per heavy atom. The van der Waals surface area contributed by atoms with Crippen LogP contribution >= 0.6 is 0 Å². The van der Waals surface area contributed by atoms with Gasteiger partial charge in [-0.15, -0.1) is 0 Å². The maximum atomic E-state index is 12.1. The zero-order chi connectivity index (χ0) is 19.9. The molecule has 1 heterocycles. The van der Waals surface area contributed by atoms with Gasteiger partial charge in [0, 0.05) is 12.4 Å². The molecule has 142 valence electrons. The third-order valence-corrected chi connectivity index (χ3v) is 3.06. The average Bonchev–Trinajstić information content (AvgIpc) is 2.62. The van der Waals surface area contributed by atoms with E-state index in [0.29, 0.717) is 16.9 Å². The fourth-order valence-electron chi connectivity index (χ4n) is 1.95. The van der Waals surface area contributed by atoms with Gasteiger partial charge in [-0.05, 0) is 56.7 Å². The van der Waals surface area contributed by atoms with Crippen molar-refractivity contribution in [3.05, 3.63) is 53.9 Å². The minimum Gasteiger partial charge on any atom is -0.493 e. The highest BCUT2D eigenvalue weighted by Gasteiger charge is 2.15. The minimum absolute atomic E-state index is 0.253. The number of pyridine rings is 1. The average molecular weight is 371 g/mol. The summed E-state index contributed by atoms with van der Waals surface area (Å²) in [7, 11) is 1.45. The van der Waals surface area contributed by atoms with Gasteiger partial charge < -0.3 is 14.2 Å².